The first-order valence-electron chi connectivity index (χ1n) is 12.5. The van der Waals surface area contributed by atoms with Crippen LogP contribution >= 0.6 is 0 Å². The van der Waals surface area contributed by atoms with Crippen LogP contribution < -0.4 is 11.1 Å². The SMILES string of the molecule is CC(C)CC1(C)NC(N)N(CC2CCCN(C(=O)C(c3ccccc3)c3ccccc3)C2)C1=O. The third-order valence-electron chi connectivity index (χ3n) is 7.15. The lowest BCUT2D eigenvalue weighted by Crippen LogP contribution is -2.50. The van der Waals surface area contributed by atoms with E-state index in [1.807, 2.05) is 72.5 Å². The molecule has 2 heterocycles. The fourth-order valence-corrected chi connectivity index (χ4v) is 5.71. The van der Waals surface area contributed by atoms with Gasteiger partial charge in [0, 0.05) is 19.6 Å². The molecule has 2 aromatic rings. The van der Waals surface area contributed by atoms with Gasteiger partial charge in [-0.15, -0.1) is 0 Å². The van der Waals surface area contributed by atoms with Crippen molar-refractivity contribution in [3.05, 3.63) is 71.8 Å². The molecule has 2 fully saturated rings. The smallest absolute Gasteiger partial charge is 0.244 e. The van der Waals surface area contributed by atoms with E-state index in [1.54, 1.807) is 4.90 Å². The van der Waals surface area contributed by atoms with Crippen molar-refractivity contribution in [2.45, 2.75) is 57.8 Å². The summed E-state index contributed by atoms with van der Waals surface area (Å²) in [5.74, 6) is 0.478. The summed E-state index contributed by atoms with van der Waals surface area (Å²) in [5.41, 5.74) is 7.74. The molecule has 0 aliphatic carbocycles. The first-order chi connectivity index (χ1) is 16.3. The number of amides is 2. The van der Waals surface area contributed by atoms with Crippen molar-refractivity contribution < 1.29 is 9.59 Å². The second-order valence-corrected chi connectivity index (χ2v) is 10.5. The molecule has 0 saturated carbocycles. The van der Waals surface area contributed by atoms with Crippen LogP contribution in [0.1, 0.15) is 57.1 Å². The van der Waals surface area contributed by atoms with E-state index in [-0.39, 0.29) is 23.7 Å². The van der Waals surface area contributed by atoms with Crippen molar-refractivity contribution in [3.63, 3.8) is 0 Å². The predicted octanol–water partition coefficient (Wildman–Crippen LogP) is 3.54. The van der Waals surface area contributed by atoms with Gasteiger partial charge in [0.25, 0.3) is 0 Å². The molecule has 0 bridgehead atoms. The summed E-state index contributed by atoms with van der Waals surface area (Å²) in [6, 6.07) is 20.0. The summed E-state index contributed by atoms with van der Waals surface area (Å²) >= 11 is 0. The molecule has 4 rings (SSSR count). The lowest BCUT2D eigenvalue weighted by atomic mass is 9.88. The zero-order chi connectivity index (χ0) is 24.3. The van der Waals surface area contributed by atoms with Crippen LogP contribution in [0.15, 0.2) is 60.7 Å². The number of likely N-dealkylation sites (tertiary alicyclic amines) is 1. The van der Waals surface area contributed by atoms with Gasteiger partial charge in [0.1, 0.15) is 6.29 Å². The van der Waals surface area contributed by atoms with Gasteiger partial charge in [-0.25, -0.2) is 0 Å². The normalized spacial score (nSPS) is 25.4. The minimum absolute atomic E-state index is 0.0728. The molecule has 6 nitrogen and oxygen atoms in total. The summed E-state index contributed by atoms with van der Waals surface area (Å²) in [4.78, 5) is 30.9. The largest absolute Gasteiger partial charge is 0.342 e. The van der Waals surface area contributed by atoms with Crippen LogP contribution in [-0.4, -0.2) is 53.1 Å². The summed E-state index contributed by atoms with van der Waals surface area (Å²) in [6.07, 6.45) is 2.19. The fourth-order valence-electron chi connectivity index (χ4n) is 5.71. The molecule has 3 atom stereocenters. The molecule has 2 amide bonds. The molecule has 182 valence electrons. The third-order valence-corrected chi connectivity index (χ3v) is 7.15. The van der Waals surface area contributed by atoms with Crippen molar-refractivity contribution in [1.82, 2.24) is 15.1 Å². The number of nitrogens with zero attached hydrogens (tertiary/aromatic N) is 2. The van der Waals surface area contributed by atoms with Gasteiger partial charge in [-0.2, -0.15) is 0 Å². The van der Waals surface area contributed by atoms with Crippen LogP contribution in [0.3, 0.4) is 0 Å². The number of hydrogen-bond acceptors (Lipinski definition) is 4. The fraction of sp³-hybridized carbons (Fsp3) is 0.500. The third kappa shape index (κ3) is 5.18. The van der Waals surface area contributed by atoms with Crippen LogP contribution in [0, 0.1) is 11.8 Å². The van der Waals surface area contributed by atoms with E-state index < -0.39 is 11.8 Å². The Kier molecular flexibility index (Phi) is 7.39. The molecule has 6 heteroatoms. The molecule has 2 aliphatic heterocycles. The van der Waals surface area contributed by atoms with E-state index in [1.165, 1.54) is 0 Å². The molecule has 34 heavy (non-hydrogen) atoms. The summed E-state index contributed by atoms with van der Waals surface area (Å²) in [7, 11) is 0. The highest BCUT2D eigenvalue weighted by Crippen LogP contribution is 2.31. The molecule has 3 unspecified atom stereocenters. The Balaban J connectivity index is 1.49. The zero-order valence-electron chi connectivity index (χ0n) is 20.6. The molecule has 0 aromatic heterocycles. The minimum atomic E-state index is -0.622. The number of nitrogens with one attached hydrogen (secondary N) is 1. The van der Waals surface area contributed by atoms with Crippen LogP contribution in [0.2, 0.25) is 0 Å². The second-order valence-electron chi connectivity index (χ2n) is 10.5. The Morgan fingerprint density at radius 1 is 1.09 bits per heavy atom. The number of rotatable bonds is 7. The Hall–Kier alpha value is -2.70. The first kappa shape index (κ1) is 24.4. The summed E-state index contributed by atoms with van der Waals surface area (Å²) in [6.45, 7) is 8.16. The molecule has 2 saturated heterocycles. The highest BCUT2D eigenvalue weighted by atomic mass is 16.2. The highest BCUT2D eigenvalue weighted by molar-refractivity contribution is 5.88. The van der Waals surface area contributed by atoms with E-state index in [0.717, 1.165) is 36.9 Å². The number of benzene rings is 2. The van der Waals surface area contributed by atoms with Gasteiger partial charge in [-0.3, -0.25) is 20.6 Å². The first-order valence-corrected chi connectivity index (χ1v) is 12.5. The molecule has 0 radical (unpaired) electrons. The molecule has 2 aliphatic rings. The number of nitrogens with two attached hydrogens (primary N) is 1. The minimum Gasteiger partial charge on any atom is -0.342 e. The van der Waals surface area contributed by atoms with Gasteiger partial charge >= 0.3 is 0 Å². The topological polar surface area (TPSA) is 78.7 Å². The molecule has 0 spiro atoms. The average molecular weight is 463 g/mol. The Morgan fingerprint density at radius 2 is 1.68 bits per heavy atom. The Morgan fingerprint density at radius 3 is 2.24 bits per heavy atom. The Labute approximate surface area is 203 Å². The van der Waals surface area contributed by atoms with Gasteiger partial charge in [-0.1, -0.05) is 74.5 Å². The predicted molar refractivity (Wildman–Crippen MR) is 135 cm³/mol. The number of carbonyl (C=O) groups is 2. The van der Waals surface area contributed by atoms with Crippen LogP contribution in [0.25, 0.3) is 0 Å². The molecule has 2 aromatic carbocycles. The molecule has 3 N–H and O–H groups in total. The second kappa shape index (κ2) is 10.3. The van der Waals surface area contributed by atoms with Gasteiger partial charge in [0.15, 0.2) is 0 Å². The number of hydrogen-bond donors (Lipinski definition) is 2. The maximum Gasteiger partial charge on any atom is 0.244 e. The summed E-state index contributed by atoms with van der Waals surface area (Å²) in [5, 5.41) is 3.32. The highest BCUT2D eigenvalue weighted by Gasteiger charge is 2.47. The number of piperidine rings is 1. The standard InChI is InChI=1S/C28H38N4O2/c1-20(2)17-28(3)26(34)32(27(29)30-28)19-21-11-10-16-31(18-21)25(33)24(22-12-6-4-7-13-22)23-14-8-5-9-15-23/h4-9,12-15,20-21,24,27,30H,10-11,16-19,29H2,1-3H3. The lowest BCUT2D eigenvalue weighted by molar-refractivity contribution is -0.135. The molecular weight excluding hydrogens is 424 g/mol. The van der Waals surface area contributed by atoms with E-state index in [9.17, 15) is 9.59 Å². The van der Waals surface area contributed by atoms with Gasteiger partial charge in [-0.05, 0) is 49.1 Å². The monoisotopic (exact) mass is 462 g/mol. The van der Waals surface area contributed by atoms with E-state index in [4.69, 9.17) is 5.73 Å². The number of carbonyl (C=O) groups excluding carboxylic acids is 2. The lowest BCUT2D eigenvalue weighted by Gasteiger charge is -2.37. The van der Waals surface area contributed by atoms with Crippen molar-refractivity contribution in [3.8, 4) is 0 Å². The maximum atomic E-state index is 13.8. The van der Waals surface area contributed by atoms with Crippen LogP contribution in [0.5, 0.6) is 0 Å². The molecular formula is C28H38N4O2. The van der Waals surface area contributed by atoms with Crippen molar-refractivity contribution in [1.29, 1.82) is 0 Å². The van der Waals surface area contributed by atoms with E-state index in [2.05, 4.69) is 19.2 Å². The van der Waals surface area contributed by atoms with Crippen molar-refractivity contribution in [2.75, 3.05) is 19.6 Å². The summed E-state index contributed by atoms with van der Waals surface area (Å²) < 4.78 is 0. The van der Waals surface area contributed by atoms with E-state index in [0.29, 0.717) is 19.0 Å². The van der Waals surface area contributed by atoms with E-state index >= 15 is 0 Å². The quantitative estimate of drug-likeness (QED) is 0.660. The van der Waals surface area contributed by atoms with Gasteiger partial charge in [0.05, 0.1) is 11.5 Å². The van der Waals surface area contributed by atoms with Crippen LogP contribution in [-0.2, 0) is 9.59 Å². The van der Waals surface area contributed by atoms with Crippen molar-refractivity contribution >= 4 is 11.8 Å². The maximum absolute atomic E-state index is 13.8. The van der Waals surface area contributed by atoms with Gasteiger partial charge < -0.3 is 9.80 Å². The average Bonchev–Trinajstić information content (AvgIpc) is 3.03. The van der Waals surface area contributed by atoms with Gasteiger partial charge in [0.2, 0.25) is 11.8 Å². The zero-order valence-corrected chi connectivity index (χ0v) is 20.6. The van der Waals surface area contributed by atoms with Crippen LogP contribution in [0.4, 0.5) is 0 Å². The van der Waals surface area contributed by atoms with Crippen molar-refractivity contribution in [2.24, 2.45) is 17.6 Å². The Bertz CT molecular complexity index is 941.